The van der Waals surface area contributed by atoms with Gasteiger partial charge in [-0.25, -0.2) is 4.98 Å². The van der Waals surface area contributed by atoms with E-state index in [1.54, 1.807) is 0 Å². The molecule has 0 aliphatic carbocycles. The number of fused-ring (bicyclic) bond motifs is 3. The summed E-state index contributed by atoms with van der Waals surface area (Å²) in [6, 6.07) is 10.8. The van der Waals surface area contributed by atoms with Gasteiger partial charge in [-0.2, -0.15) is 0 Å². The van der Waals surface area contributed by atoms with Gasteiger partial charge in [-0.05, 0) is 43.4 Å². The molecule has 2 bridgehead atoms. The molecule has 1 aromatic heterocycles. The number of anilines is 1. The Kier molecular flexibility index (Phi) is 3.08. The smallest absolute Gasteiger partial charge is 0.130 e. The second-order valence-corrected chi connectivity index (χ2v) is 6.23. The number of aliphatic hydroxyl groups is 2. The minimum Gasteiger partial charge on any atom is -0.393 e. The SMILES string of the molecule is OCc1cc(N2C3CCC2CC(O)C3)nc2ccccc12. The zero-order chi connectivity index (χ0) is 14.4. The maximum atomic E-state index is 9.94. The van der Waals surface area contributed by atoms with Gasteiger partial charge in [0.2, 0.25) is 0 Å². The van der Waals surface area contributed by atoms with Gasteiger partial charge in [0.05, 0.1) is 18.2 Å². The molecule has 2 atom stereocenters. The molecule has 0 saturated carbocycles. The van der Waals surface area contributed by atoms with Crippen LogP contribution in [0.15, 0.2) is 30.3 Å². The Balaban J connectivity index is 1.80. The Morgan fingerprint density at radius 3 is 2.57 bits per heavy atom. The van der Waals surface area contributed by atoms with E-state index in [4.69, 9.17) is 4.98 Å². The minimum absolute atomic E-state index is 0.0296. The summed E-state index contributed by atoms with van der Waals surface area (Å²) >= 11 is 0. The number of pyridine rings is 1. The molecule has 2 N–H and O–H groups in total. The molecule has 4 heteroatoms. The van der Waals surface area contributed by atoms with Crippen LogP contribution < -0.4 is 4.90 Å². The molecule has 4 nitrogen and oxygen atoms in total. The first-order valence-corrected chi connectivity index (χ1v) is 7.72. The first-order valence-electron chi connectivity index (χ1n) is 7.72. The summed E-state index contributed by atoms with van der Waals surface area (Å²) in [7, 11) is 0. The molecule has 21 heavy (non-hydrogen) atoms. The van der Waals surface area contributed by atoms with E-state index in [-0.39, 0.29) is 12.7 Å². The Bertz CT molecular complexity index is 659. The number of benzene rings is 1. The van der Waals surface area contributed by atoms with Crippen LogP contribution in [0.4, 0.5) is 5.82 Å². The first kappa shape index (κ1) is 13.0. The van der Waals surface area contributed by atoms with Gasteiger partial charge in [0.25, 0.3) is 0 Å². The number of aromatic nitrogens is 1. The van der Waals surface area contributed by atoms with E-state index < -0.39 is 0 Å². The maximum Gasteiger partial charge on any atom is 0.130 e. The van der Waals surface area contributed by atoms with Crippen molar-refractivity contribution >= 4 is 16.7 Å². The fourth-order valence-corrected chi connectivity index (χ4v) is 4.02. The molecule has 2 fully saturated rings. The molecule has 3 heterocycles. The van der Waals surface area contributed by atoms with E-state index >= 15 is 0 Å². The van der Waals surface area contributed by atoms with Crippen molar-refractivity contribution in [3.63, 3.8) is 0 Å². The molecule has 4 rings (SSSR count). The molecular formula is C17H20N2O2. The van der Waals surface area contributed by atoms with Crippen molar-refractivity contribution in [1.82, 2.24) is 4.98 Å². The zero-order valence-corrected chi connectivity index (χ0v) is 11.9. The fourth-order valence-electron chi connectivity index (χ4n) is 4.02. The molecular weight excluding hydrogens is 264 g/mol. The van der Waals surface area contributed by atoms with Gasteiger partial charge in [0, 0.05) is 17.5 Å². The van der Waals surface area contributed by atoms with Gasteiger partial charge in [0.15, 0.2) is 0 Å². The molecule has 1 aromatic carbocycles. The number of hydrogen-bond donors (Lipinski definition) is 2. The summed E-state index contributed by atoms with van der Waals surface area (Å²) in [5.41, 5.74) is 1.87. The number of rotatable bonds is 2. The number of piperidine rings is 1. The van der Waals surface area contributed by atoms with Crippen LogP contribution in [0.5, 0.6) is 0 Å². The quantitative estimate of drug-likeness (QED) is 0.888. The molecule has 0 spiro atoms. The van der Waals surface area contributed by atoms with Gasteiger partial charge in [-0.15, -0.1) is 0 Å². The van der Waals surface area contributed by atoms with Crippen LogP contribution in [0.1, 0.15) is 31.2 Å². The van der Waals surface area contributed by atoms with E-state index in [1.807, 2.05) is 30.3 Å². The van der Waals surface area contributed by atoms with Crippen LogP contribution in [-0.2, 0) is 6.61 Å². The Labute approximate surface area is 124 Å². The van der Waals surface area contributed by atoms with Crippen LogP contribution >= 0.6 is 0 Å². The molecule has 110 valence electrons. The van der Waals surface area contributed by atoms with Crippen LogP contribution in [-0.4, -0.2) is 33.4 Å². The van der Waals surface area contributed by atoms with E-state index in [0.717, 1.165) is 48.0 Å². The predicted octanol–water partition coefficient (Wildman–Crippen LogP) is 2.22. The summed E-state index contributed by atoms with van der Waals surface area (Å²) in [5.74, 6) is 0.956. The summed E-state index contributed by atoms with van der Waals surface area (Å²) in [4.78, 5) is 7.18. The zero-order valence-electron chi connectivity index (χ0n) is 11.9. The standard InChI is InChI=1S/C17H20N2O2/c20-10-11-7-17(18-16-4-2-1-3-15(11)16)19-12-5-6-13(19)9-14(21)8-12/h1-4,7,12-14,20-21H,5-6,8-10H2. The largest absolute Gasteiger partial charge is 0.393 e. The second-order valence-electron chi connectivity index (χ2n) is 6.23. The monoisotopic (exact) mass is 284 g/mol. The Morgan fingerprint density at radius 2 is 1.86 bits per heavy atom. The van der Waals surface area contributed by atoms with E-state index in [2.05, 4.69) is 4.90 Å². The van der Waals surface area contributed by atoms with E-state index in [1.165, 1.54) is 0 Å². The van der Waals surface area contributed by atoms with Crippen molar-refractivity contribution in [3.8, 4) is 0 Å². The summed E-state index contributed by atoms with van der Waals surface area (Å²) in [5, 5.41) is 20.6. The average molecular weight is 284 g/mol. The van der Waals surface area contributed by atoms with Crippen molar-refractivity contribution in [3.05, 3.63) is 35.9 Å². The topological polar surface area (TPSA) is 56.6 Å². The highest BCUT2D eigenvalue weighted by atomic mass is 16.3. The Hall–Kier alpha value is -1.65. The third kappa shape index (κ3) is 2.10. The lowest BCUT2D eigenvalue weighted by Gasteiger charge is -2.38. The number of aliphatic hydroxyl groups excluding tert-OH is 2. The van der Waals surface area contributed by atoms with Crippen molar-refractivity contribution < 1.29 is 10.2 Å². The number of hydrogen-bond acceptors (Lipinski definition) is 4. The summed E-state index contributed by atoms with van der Waals surface area (Å²) < 4.78 is 0. The molecule has 0 amide bonds. The average Bonchev–Trinajstić information content (AvgIpc) is 2.78. The van der Waals surface area contributed by atoms with E-state index in [9.17, 15) is 10.2 Å². The van der Waals surface area contributed by atoms with Gasteiger partial charge in [-0.3, -0.25) is 0 Å². The van der Waals surface area contributed by atoms with Crippen molar-refractivity contribution in [2.75, 3.05) is 4.90 Å². The van der Waals surface area contributed by atoms with Crippen molar-refractivity contribution in [1.29, 1.82) is 0 Å². The van der Waals surface area contributed by atoms with Crippen LogP contribution in [0.3, 0.4) is 0 Å². The highest BCUT2D eigenvalue weighted by Gasteiger charge is 2.40. The number of para-hydroxylation sites is 1. The normalized spacial score (nSPS) is 28.3. The van der Waals surface area contributed by atoms with Crippen LogP contribution in [0, 0.1) is 0 Å². The van der Waals surface area contributed by atoms with Gasteiger partial charge in [0.1, 0.15) is 5.82 Å². The van der Waals surface area contributed by atoms with E-state index in [0.29, 0.717) is 12.1 Å². The maximum absolute atomic E-state index is 9.94. The minimum atomic E-state index is -0.170. The third-order valence-electron chi connectivity index (χ3n) is 4.93. The second kappa shape index (κ2) is 4.97. The van der Waals surface area contributed by atoms with Crippen molar-refractivity contribution in [2.45, 2.75) is 50.5 Å². The van der Waals surface area contributed by atoms with Gasteiger partial charge in [-0.1, -0.05) is 18.2 Å². The lowest BCUT2D eigenvalue weighted by Crippen LogP contribution is -2.45. The first-order chi connectivity index (χ1) is 10.3. The Morgan fingerprint density at radius 1 is 1.14 bits per heavy atom. The molecule has 0 radical (unpaired) electrons. The van der Waals surface area contributed by atoms with Crippen LogP contribution in [0.25, 0.3) is 10.9 Å². The predicted molar refractivity (Wildman–Crippen MR) is 82.2 cm³/mol. The van der Waals surface area contributed by atoms with Crippen molar-refractivity contribution in [2.24, 2.45) is 0 Å². The molecule has 2 aliphatic rings. The highest BCUT2D eigenvalue weighted by molar-refractivity contribution is 5.84. The molecule has 2 saturated heterocycles. The highest BCUT2D eigenvalue weighted by Crippen LogP contribution is 2.39. The molecule has 2 unspecified atom stereocenters. The summed E-state index contributed by atoms with van der Waals surface area (Å²) in [6.45, 7) is 0.0296. The summed E-state index contributed by atoms with van der Waals surface area (Å²) in [6.07, 6.45) is 3.76. The van der Waals surface area contributed by atoms with Gasteiger partial charge >= 0.3 is 0 Å². The van der Waals surface area contributed by atoms with Crippen LogP contribution in [0.2, 0.25) is 0 Å². The molecule has 2 aliphatic heterocycles. The van der Waals surface area contributed by atoms with Gasteiger partial charge < -0.3 is 15.1 Å². The lowest BCUT2D eigenvalue weighted by atomic mass is 9.99. The third-order valence-corrected chi connectivity index (χ3v) is 4.93. The number of nitrogens with zero attached hydrogens (tertiary/aromatic N) is 2. The fraction of sp³-hybridized carbons (Fsp3) is 0.471. The lowest BCUT2D eigenvalue weighted by molar-refractivity contribution is 0.126. The molecule has 2 aromatic rings.